The molecule has 1 fully saturated rings. The Kier molecular flexibility index (Phi) is 3.59. The van der Waals surface area contributed by atoms with E-state index in [1.807, 2.05) is 0 Å². The summed E-state index contributed by atoms with van der Waals surface area (Å²) in [5.41, 5.74) is 5.53. The molecule has 1 aliphatic heterocycles. The fraction of sp³-hybridized carbons (Fsp3) is 0.857. The zero-order valence-electron chi connectivity index (χ0n) is 6.83. The van der Waals surface area contributed by atoms with Crippen molar-refractivity contribution in [3.63, 3.8) is 0 Å². The van der Waals surface area contributed by atoms with Crippen molar-refractivity contribution < 1.29 is 4.79 Å². The fourth-order valence-electron chi connectivity index (χ4n) is 1.51. The van der Waals surface area contributed by atoms with E-state index < -0.39 is 0 Å². The SMILES string of the molecule is NCC1CCN(BC=O)CC1. The van der Waals surface area contributed by atoms with Crippen molar-refractivity contribution in [1.29, 1.82) is 0 Å². The van der Waals surface area contributed by atoms with Gasteiger partial charge in [-0.15, -0.1) is 0 Å². The van der Waals surface area contributed by atoms with Crippen LogP contribution in [0.4, 0.5) is 0 Å². The molecular formula is C7H15BN2O. The summed E-state index contributed by atoms with van der Waals surface area (Å²) in [6, 6.07) is 0. The molecule has 4 heteroatoms. The Morgan fingerprint density at radius 3 is 2.64 bits per heavy atom. The Morgan fingerprint density at radius 2 is 2.18 bits per heavy atom. The average molecular weight is 154 g/mol. The zero-order valence-corrected chi connectivity index (χ0v) is 6.83. The molecule has 1 heterocycles. The fourth-order valence-corrected chi connectivity index (χ4v) is 1.51. The Hall–Kier alpha value is -0.345. The second kappa shape index (κ2) is 4.52. The highest BCUT2D eigenvalue weighted by molar-refractivity contribution is 6.64. The van der Waals surface area contributed by atoms with Crippen LogP contribution in [-0.2, 0) is 4.79 Å². The number of hydrogen-bond donors (Lipinski definition) is 1. The van der Waals surface area contributed by atoms with Crippen LogP contribution in [0, 0.1) is 5.92 Å². The minimum Gasteiger partial charge on any atom is -0.339 e. The van der Waals surface area contributed by atoms with E-state index in [0.717, 1.165) is 38.7 Å². The van der Waals surface area contributed by atoms with Crippen molar-refractivity contribution in [2.45, 2.75) is 12.8 Å². The van der Waals surface area contributed by atoms with Crippen LogP contribution in [0.15, 0.2) is 0 Å². The Bertz CT molecular complexity index is 124. The highest BCUT2D eigenvalue weighted by Gasteiger charge is 2.17. The second-order valence-electron chi connectivity index (χ2n) is 3.15. The minimum atomic E-state index is 0.595. The number of nitrogens with zero attached hydrogens (tertiary/aromatic N) is 1. The van der Waals surface area contributed by atoms with Gasteiger partial charge in [-0.05, 0) is 38.4 Å². The van der Waals surface area contributed by atoms with E-state index in [2.05, 4.69) is 4.81 Å². The molecule has 11 heavy (non-hydrogen) atoms. The number of hydrogen-bond acceptors (Lipinski definition) is 3. The first-order valence-electron chi connectivity index (χ1n) is 4.23. The Balaban J connectivity index is 2.18. The van der Waals surface area contributed by atoms with Crippen molar-refractivity contribution in [3.8, 4) is 0 Å². The summed E-state index contributed by atoms with van der Waals surface area (Å²) in [6.45, 7) is 2.89. The molecule has 62 valence electrons. The molecular weight excluding hydrogens is 139 g/mol. The predicted octanol–water partition coefficient (Wildman–Crippen LogP) is -0.801. The maximum Gasteiger partial charge on any atom is 0.281 e. The van der Waals surface area contributed by atoms with E-state index in [0.29, 0.717) is 13.3 Å². The van der Waals surface area contributed by atoms with E-state index in [4.69, 9.17) is 5.73 Å². The molecule has 0 aromatic carbocycles. The molecule has 0 aromatic heterocycles. The summed E-state index contributed by atoms with van der Waals surface area (Å²) in [7, 11) is 0.595. The molecule has 0 amide bonds. The molecule has 0 atom stereocenters. The molecule has 0 unspecified atom stereocenters. The lowest BCUT2D eigenvalue weighted by Gasteiger charge is -2.29. The van der Waals surface area contributed by atoms with Gasteiger partial charge in [0.1, 0.15) is 0 Å². The van der Waals surface area contributed by atoms with Crippen molar-refractivity contribution in [3.05, 3.63) is 0 Å². The number of carbonyl (C=O) groups is 1. The zero-order chi connectivity index (χ0) is 8.10. The van der Waals surface area contributed by atoms with Gasteiger partial charge in [0.2, 0.25) is 0 Å². The molecule has 0 aromatic rings. The number of rotatable bonds is 3. The van der Waals surface area contributed by atoms with E-state index in [9.17, 15) is 4.79 Å². The Morgan fingerprint density at radius 1 is 1.55 bits per heavy atom. The lowest BCUT2D eigenvalue weighted by Crippen LogP contribution is -2.38. The number of nitrogens with two attached hydrogens (primary N) is 1. The maximum atomic E-state index is 10.2. The molecule has 0 bridgehead atoms. The first-order chi connectivity index (χ1) is 5.36. The van der Waals surface area contributed by atoms with Gasteiger partial charge in [0, 0.05) is 0 Å². The van der Waals surface area contributed by atoms with E-state index in [1.54, 1.807) is 0 Å². The van der Waals surface area contributed by atoms with E-state index in [-0.39, 0.29) is 0 Å². The molecule has 2 N–H and O–H groups in total. The lowest BCUT2D eigenvalue weighted by atomic mass is 9.87. The smallest absolute Gasteiger partial charge is 0.281 e. The first kappa shape index (κ1) is 8.75. The van der Waals surface area contributed by atoms with Crippen molar-refractivity contribution in [1.82, 2.24) is 4.81 Å². The van der Waals surface area contributed by atoms with Crippen LogP contribution in [0.1, 0.15) is 12.8 Å². The molecule has 0 radical (unpaired) electrons. The maximum absolute atomic E-state index is 10.2. The normalized spacial score (nSPS) is 21.5. The molecule has 0 spiro atoms. The third kappa shape index (κ3) is 2.63. The molecule has 1 saturated heterocycles. The van der Waals surface area contributed by atoms with Crippen LogP contribution in [0.2, 0.25) is 0 Å². The van der Waals surface area contributed by atoms with Crippen molar-refractivity contribution in [2.24, 2.45) is 11.7 Å². The van der Waals surface area contributed by atoms with Gasteiger partial charge >= 0.3 is 0 Å². The van der Waals surface area contributed by atoms with E-state index >= 15 is 0 Å². The van der Waals surface area contributed by atoms with Crippen LogP contribution in [0.5, 0.6) is 0 Å². The molecule has 1 aliphatic rings. The quantitative estimate of drug-likeness (QED) is 0.427. The van der Waals surface area contributed by atoms with Crippen molar-refractivity contribution in [2.75, 3.05) is 19.6 Å². The van der Waals surface area contributed by atoms with Gasteiger partial charge in [0.25, 0.3) is 7.41 Å². The topological polar surface area (TPSA) is 46.3 Å². The second-order valence-corrected chi connectivity index (χ2v) is 3.15. The van der Waals surface area contributed by atoms with Gasteiger partial charge in [-0.25, -0.2) is 0 Å². The predicted molar refractivity (Wildman–Crippen MR) is 47.3 cm³/mol. The van der Waals surface area contributed by atoms with Crippen LogP contribution < -0.4 is 5.73 Å². The number of carbonyl (C=O) groups excluding carboxylic acids is 1. The summed E-state index contributed by atoms with van der Waals surface area (Å²) >= 11 is 0. The number of piperidine rings is 1. The Labute approximate surface area is 68.2 Å². The van der Waals surface area contributed by atoms with Crippen LogP contribution in [-0.4, -0.2) is 38.0 Å². The molecule has 1 rings (SSSR count). The molecule has 0 saturated carbocycles. The summed E-state index contributed by atoms with van der Waals surface area (Å²) in [6.07, 6.45) is 3.29. The third-order valence-corrected chi connectivity index (χ3v) is 2.37. The summed E-state index contributed by atoms with van der Waals surface area (Å²) in [4.78, 5) is 12.3. The van der Waals surface area contributed by atoms with Gasteiger partial charge in [-0.2, -0.15) is 0 Å². The van der Waals surface area contributed by atoms with Crippen LogP contribution in [0.25, 0.3) is 0 Å². The standard InChI is InChI=1S/C7H15BN2O/c9-5-7-1-3-10(4-2-7)8-6-11/h6-8H,1-5,9H2. The lowest BCUT2D eigenvalue weighted by molar-refractivity contribution is 0.285. The molecule has 0 aliphatic carbocycles. The van der Waals surface area contributed by atoms with Crippen LogP contribution >= 0.6 is 0 Å². The van der Waals surface area contributed by atoms with E-state index in [1.165, 1.54) is 0 Å². The van der Waals surface area contributed by atoms with Gasteiger partial charge in [-0.1, -0.05) is 0 Å². The highest BCUT2D eigenvalue weighted by Crippen LogP contribution is 2.13. The third-order valence-electron chi connectivity index (χ3n) is 2.37. The summed E-state index contributed by atoms with van der Waals surface area (Å²) in [5, 5.41) is 0. The van der Waals surface area contributed by atoms with Gasteiger partial charge in [-0.3, -0.25) is 0 Å². The van der Waals surface area contributed by atoms with Gasteiger partial charge in [0.15, 0.2) is 0 Å². The van der Waals surface area contributed by atoms with Gasteiger partial charge < -0.3 is 15.3 Å². The highest BCUT2D eigenvalue weighted by atomic mass is 16.1. The van der Waals surface area contributed by atoms with Crippen LogP contribution in [0.3, 0.4) is 0 Å². The largest absolute Gasteiger partial charge is 0.339 e. The molecule has 3 nitrogen and oxygen atoms in total. The summed E-state index contributed by atoms with van der Waals surface area (Å²) < 4.78 is 0. The van der Waals surface area contributed by atoms with Gasteiger partial charge in [0.05, 0.1) is 6.19 Å². The monoisotopic (exact) mass is 154 g/mol. The average Bonchev–Trinajstić information content (AvgIpc) is 2.07. The van der Waals surface area contributed by atoms with Crippen molar-refractivity contribution >= 4 is 13.6 Å². The first-order valence-corrected chi connectivity index (χ1v) is 4.23. The minimum absolute atomic E-state index is 0.595. The summed E-state index contributed by atoms with van der Waals surface area (Å²) in [5.74, 6) is 0.693.